The minimum absolute atomic E-state index is 0.155. The molecule has 2 rings (SSSR count). The number of rotatable bonds is 5. The zero-order chi connectivity index (χ0) is 12.3. The summed E-state index contributed by atoms with van der Waals surface area (Å²) in [7, 11) is -3.58. The van der Waals surface area contributed by atoms with Crippen LogP contribution in [-0.4, -0.2) is 15.0 Å². The van der Waals surface area contributed by atoms with Crippen LogP contribution in [0.25, 0.3) is 0 Å². The van der Waals surface area contributed by atoms with Gasteiger partial charge in [0.2, 0.25) is 10.0 Å². The summed E-state index contributed by atoms with van der Waals surface area (Å²) in [5.41, 5.74) is 0.941. The second-order valence-corrected chi connectivity index (χ2v) is 6.14. The van der Waals surface area contributed by atoms with Crippen LogP contribution in [0.3, 0.4) is 0 Å². The number of nitrogens with one attached hydrogen (secondary N) is 1. The van der Waals surface area contributed by atoms with Crippen molar-refractivity contribution in [2.45, 2.75) is 30.6 Å². The molecule has 0 bridgehead atoms. The molecule has 94 valence electrons. The van der Waals surface area contributed by atoms with Crippen LogP contribution < -0.4 is 10.5 Å². The summed E-state index contributed by atoms with van der Waals surface area (Å²) < 4.78 is 22.1. The van der Waals surface area contributed by atoms with Crippen LogP contribution in [0.15, 0.2) is 29.2 Å². The molecule has 3 N–H and O–H groups in total. The van der Waals surface area contributed by atoms with Crippen LogP contribution in [0.5, 0.6) is 0 Å². The van der Waals surface area contributed by atoms with Gasteiger partial charge in [-0.25, -0.2) is 13.6 Å². The van der Waals surface area contributed by atoms with E-state index in [1.807, 2.05) is 0 Å². The number of benzene rings is 1. The standard InChI is InChI=1S/C12H18N2O2S/c13-17(15,16)12-6-4-11(5-7-12)14-9-8-10-2-1-3-10/h4-7,10,14H,1-3,8-9H2,(H2,13,15,16). The van der Waals surface area contributed by atoms with E-state index in [4.69, 9.17) is 5.14 Å². The predicted octanol–water partition coefficient (Wildman–Crippen LogP) is 1.94. The van der Waals surface area contributed by atoms with Gasteiger partial charge in [0, 0.05) is 12.2 Å². The second kappa shape index (κ2) is 5.06. The van der Waals surface area contributed by atoms with E-state index in [9.17, 15) is 8.42 Å². The lowest BCUT2D eigenvalue weighted by Gasteiger charge is -2.25. The van der Waals surface area contributed by atoms with Gasteiger partial charge in [-0.1, -0.05) is 19.3 Å². The maximum absolute atomic E-state index is 11.1. The molecule has 0 heterocycles. The van der Waals surface area contributed by atoms with Crippen molar-refractivity contribution >= 4 is 15.7 Å². The lowest BCUT2D eigenvalue weighted by atomic mass is 9.83. The molecule has 1 aromatic carbocycles. The van der Waals surface area contributed by atoms with Crippen LogP contribution in [0, 0.1) is 5.92 Å². The molecule has 1 aliphatic carbocycles. The number of hydrogen-bond acceptors (Lipinski definition) is 3. The lowest BCUT2D eigenvalue weighted by Crippen LogP contribution is -2.15. The molecule has 0 saturated heterocycles. The van der Waals surface area contributed by atoms with Crippen LogP contribution in [-0.2, 0) is 10.0 Å². The van der Waals surface area contributed by atoms with Gasteiger partial charge in [0.15, 0.2) is 0 Å². The molecule has 1 aromatic rings. The smallest absolute Gasteiger partial charge is 0.238 e. The van der Waals surface area contributed by atoms with E-state index in [1.54, 1.807) is 12.1 Å². The van der Waals surface area contributed by atoms with E-state index >= 15 is 0 Å². The highest BCUT2D eigenvalue weighted by Crippen LogP contribution is 2.29. The van der Waals surface area contributed by atoms with Gasteiger partial charge < -0.3 is 5.32 Å². The fourth-order valence-corrected chi connectivity index (χ4v) is 2.48. The van der Waals surface area contributed by atoms with Gasteiger partial charge in [0.05, 0.1) is 4.90 Å². The average Bonchev–Trinajstić information content (AvgIpc) is 2.21. The Labute approximate surface area is 102 Å². The Hall–Kier alpha value is -1.07. The fourth-order valence-electron chi connectivity index (χ4n) is 1.96. The Morgan fingerprint density at radius 2 is 1.88 bits per heavy atom. The highest BCUT2D eigenvalue weighted by molar-refractivity contribution is 7.89. The number of nitrogens with two attached hydrogens (primary N) is 1. The highest BCUT2D eigenvalue weighted by Gasteiger charge is 2.16. The quantitative estimate of drug-likeness (QED) is 0.843. The zero-order valence-corrected chi connectivity index (χ0v) is 10.5. The Kier molecular flexibility index (Phi) is 3.69. The van der Waals surface area contributed by atoms with E-state index in [0.717, 1.165) is 18.2 Å². The Morgan fingerprint density at radius 1 is 1.24 bits per heavy atom. The third-order valence-electron chi connectivity index (χ3n) is 3.29. The molecule has 1 fully saturated rings. The Morgan fingerprint density at radius 3 is 2.35 bits per heavy atom. The maximum Gasteiger partial charge on any atom is 0.238 e. The van der Waals surface area contributed by atoms with Crippen LogP contribution in [0.4, 0.5) is 5.69 Å². The normalized spacial score (nSPS) is 16.5. The molecule has 5 heteroatoms. The molecule has 0 aliphatic heterocycles. The minimum Gasteiger partial charge on any atom is -0.385 e. The van der Waals surface area contributed by atoms with Gasteiger partial charge >= 0.3 is 0 Å². The number of anilines is 1. The summed E-state index contributed by atoms with van der Waals surface area (Å²) in [6.07, 6.45) is 5.27. The van der Waals surface area contributed by atoms with Crippen molar-refractivity contribution in [3.63, 3.8) is 0 Å². The minimum atomic E-state index is -3.58. The molecule has 17 heavy (non-hydrogen) atoms. The molecule has 0 amide bonds. The van der Waals surface area contributed by atoms with Gasteiger partial charge in [-0.05, 0) is 36.6 Å². The van der Waals surface area contributed by atoms with Crippen LogP contribution >= 0.6 is 0 Å². The molecule has 0 spiro atoms. The van der Waals surface area contributed by atoms with Crippen molar-refractivity contribution < 1.29 is 8.42 Å². The monoisotopic (exact) mass is 254 g/mol. The van der Waals surface area contributed by atoms with Crippen molar-refractivity contribution in [1.29, 1.82) is 0 Å². The second-order valence-electron chi connectivity index (χ2n) is 4.58. The maximum atomic E-state index is 11.1. The van der Waals surface area contributed by atoms with Crippen LogP contribution in [0.1, 0.15) is 25.7 Å². The lowest BCUT2D eigenvalue weighted by molar-refractivity contribution is 0.303. The van der Waals surface area contributed by atoms with Crippen molar-refractivity contribution in [3.8, 4) is 0 Å². The molecule has 1 saturated carbocycles. The van der Waals surface area contributed by atoms with Gasteiger partial charge in [-0.2, -0.15) is 0 Å². The summed E-state index contributed by atoms with van der Waals surface area (Å²) in [5, 5.41) is 8.31. The van der Waals surface area contributed by atoms with Gasteiger partial charge in [-0.3, -0.25) is 0 Å². The van der Waals surface area contributed by atoms with Crippen LogP contribution in [0.2, 0.25) is 0 Å². The van der Waals surface area contributed by atoms with Gasteiger partial charge in [-0.15, -0.1) is 0 Å². The van der Waals surface area contributed by atoms with Crippen molar-refractivity contribution in [2.75, 3.05) is 11.9 Å². The molecular formula is C12H18N2O2S. The third kappa shape index (κ3) is 3.44. The zero-order valence-electron chi connectivity index (χ0n) is 9.72. The number of hydrogen-bond donors (Lipinski definition) is 2. The predicted molar refractivity (Wildman–Crippen MR) is 68.3 cm³/mol. The summed E-state index contributed by atoms with van der Waals surface area (Å²) in [5.74, 6) is 0.881. The average molecular weight is 254 g/mol. The number of sulfonamides is 1. The summed E-state index contributed by atoms with van der Waals surface area (Å²) in [4.78, 5) is 0.155. The van der Waals surface area contributed by atoms with E-state index < -0.39 is 10.0 Å². The number of primary sulfonamides is 1. The first-order valence-corrected chi connectivity index (χ1v) is 7.47. The summed E-state index contributed by atoms with van der Waals surface area (Å²) in [6, 6.07) is 6.56. The highest BCUT2D eigenvalue weighted by atomic mass is 32.2. The molecule has 0 atom stereocenters. The van der Waals surface area contributed by atoms with Gasteiger partial charge in [0.25, 0.3) is 0 Å². The molecule has 0 unspecified atom stereocenters. The van der Waals surface area contributed by atoms with Crippen molar-refractivity contribution in [1.82, 2.24) is 0 Å². The Bertz CT molecular complexity index is 464. The fraction of sp³-hybridized carbons (Fsp3) is 0.500. The molecule has 0 radical (unpaired) electrons. The largest absolute Gasteiger partial charge is 0.385 e. The van der Waals surface area contributed by atoms with E-state index in [0.29, 0.717) is 0 Å². The first-order valence-electron chi connectivity index (χ1n) is 5.92. The molecule has 0 aromatic heterocycles. The molecule has 1 aliphatic rings. The molecule has 4 nitrogen and oxygen atoms in total. The van der Waals surface area contributed by atoms with E-state index in [-0.39, 0.29) is 4.90 Å². The summed E-state index contributed by atoms with van der Waals surface area (Å²) >= 11 is 0. The third-order valence-corrected chi connectivity index (χ3v) is 4.22. The van der Waals surface area contributed by atoms with E-state index in [1.165, 1.54) is 37.8 Å². The molecular weight excluding hydrogens is 236 g/mol. The Balaban J connectivity index is 1.85. The topological polar surface area (TPSA) is 72.2 Å². The first-order chi connectivity index (χ1) is 8.05. The van der Waals surface area contributed by atoms with Crippen molar-refractivity contribution in [2.24, 2.45) is 11.1 Å². The van der Waals surface area contributed by atoms with Crippen molar-refractivity contribution in [3.05, 3.63) is 24.3 Å². The first kappa shape index (κ1) is 12.4. The van der Waals surface area contributed by atoms with E-state index in [2.05, 4.69) is 5.32 Å². The summed E-state index contributed by atoms with van der Waals surface area (Å²) in [6.45, 7) is 0.944. The SMILES string of the molecule is NS(=O)(=O)c1ccc(NCCC2CCC2)cc1. The van der Waals surface area contributed by atoms with Gasteiger partial charge in [0.1, 0.15) is 0 Å².